The molecule has 0 bridgehead atoms. The van der Waals surface area contributed by atoms with Crippen molar-refractivity contribution in [1.29, 1.82) is 0 Å². The number of nitrogen functional groups attached to an aromatic ring is 1. The van der Waals surface area contributed by atoms with Crippen LogP contribution in [0.15, 0.2) is 54.6 Å². The molecule has 0 radical (unpaired) electrons. The molecule has 1 aliphatic rings. The van der Waals surface area contributed by atoms with E-state index in [9.17, 15) is 4.79 Å². The molecule has 3 rings (SSSR count). The fourth-order valence-electron chi connectivity index (χ4n) is 3.18. The van der Waals surface area contributed by atoms with Crippen LogP contribution in [0.3, 0.4) is 0 Å². The van der Waals surface area contributed by atoms with Gasteiger partial charge in [0.15, 0.2) is 0 Å². The lowest BCUT2D eigenvalue weighted by Crippen LogP contribution is -2.36. The number of carbonyl (C=O) groups is 1. The van der Waals surface area contributed by atoms with Crippen molar-refractivity contribution in [3.63, 3.8) is 0 Å². The zero-order chi connectivity index (χ0) is 14.7. The van der Waals surface area contributed by atoms with Crippen molar-refractivity contribution in [1.82, 2.24) is 5.32 Å². The summed E-state index contributed by atoms with van der Waals surface area (Å²) in [6, 6.07) is 17.8. The summed E-state index contributed by atoms with van der Waals surface area (Å²) in [6.07, 6.45) is 3.30. The van der Waals surface area contributed by atoms with E-state index in [-0.39, 0.29) is 24.4 Å². The van der Waals surface area contributed by atoms with Gasteiger partial charge in [-0.15, -0.1) is 12.4 Å². The fourth-order valence-corrected chi connectivity index (χ4v) is 3.18. The molecule has 4 heteroatoms. The molecule has 2 unspecified atom stereocenters. The maximum atomic E-state index is 12.4. The summed E-state index contributed by atoms with van der Waals surface area (Å²) in [5.41, 5.74) is 8.29. The molecule has 3 N–H and O–H groups in total. The van der Waals surface area contributed by atoms with Crippen LogP contribution in [0.5, 0.6) is 0 Å². The van der Waals surface area contributed by atoms with Crippen molar-refractivity contribution < 1.29 is 4.79 Å². The maximum absolute atomic E-state index is 12.4. The molecule has 1 aliphatic carbocycles. The van der Waals surface area contributed by atoms with Crippen molar-refractivity contribution in [3.05, 3.63) is 65.7 Å². The molecule has 2 aromatic carbocycles. The zero-order valence-corrected chi connectivity index (χ0v) is 13.2. The third-order valence-corrected chi connectivity index (χ3v) is 4.27. The summed E-state index contributed by atoms with van der Waals surface area (Å²) in [5, 5.41) is 3.17. The molecule has 0 aromatic heterocycles. The summed E-state index contributed by atoms with van der Waals surface area (Å²) in [4.78, 5) is 12.4. The van der Waals surface area contributed by atoms with Crippen LogP contribution in [0.1, 0.15) is 41.1 Å². The molecule has 22 heavy (non-hydrogen) atoms. The number of amides is 1. The van der Waals surface area contributed by atoms with Gasteiger partial charge in [-0.1, -0.05) is 48.9 Å². The Bertz CT molecular complexity index is 630. The number of benzene rings is 2. The molecule has 2 atom stereocenters. The van der Waals surface area contributed by atoms with Gasteiger partial charge < -0.3 is 11.1 Å². The number of nitrogens with one attached hydrogen (secondary N) is 1. The second-order valence-electron chi connectivity index (χ2n) is 5.62. The van der Waals surface area contributed by atoms with Gasteiger partial charge in [0, 0.05) is 17.6 Å². The van der Waals surface area contributed by atoms with Crippen LogP contribution in [0.25, 0.3) is 0 Å². The van der Waals surface area contributed by atoms with Gasteiger partial charge in [-0.3, -0.25) is 4.79 Å². The van der Waals surface area contributed by atoms with Gasteiger partial charge in [0.1, 0.15) is 0 Å². The van der Waals surface area contributed by atoms with E-state index >= 15 is 0 Å². The Morgan fingerprint density at radius 3 is 2.41 bits per heavy atom. The number of carbonyl (C=O) groups excluding carboxylic acids is 1. The minimum absolute atomic E-state index is 0. The molecular weight excluding hydrogens is 296 g/mol. The topological polar surface area (TPSA) is 55.1 Å². The predicted molar refractivity (Wildman–Crippen MR) is 92.4 cm³/mol. The predicted octanol–water partition coefficient (Wildman–Crippen LogP) is 3.76. The van der Waals surface area contributed by atoms with Gasteiger partial charge in [0.2, 0.25) is 0 Å². The highest BCUT2D eigenvalue weighted by Crippen LogP contribution is 2.34. The van der Waals surface area contributed by atoms with E-state index < -0.39 is 0 Å². The van der Waals surface area contributed by atoms with Crippen molar-refractivity contribution in [2.75, 3.05) is 5.73 Å². The van der Waals surface area contributed by atoms with Gasteiger partial charge in [0.25, 0.3) is 5.91 Å². The van der Waals surface area contributed by atoms with Gasteiger partial charge >= 0.3 is 0 Å². The highest BCUT2D eigenvalue weighted by molar-refractivity contribution is 5.99. The standard InChI is InChI=1S/C18H20N2O.ClH/c19-16-11-5-4-9-15(16)18(21)20-17-12-6-10-14(17)13-7-2-1-3-8-13;/h1-5,7-9,11,14,17H,6,10,12,19H2,(H,20,21);1H. The Hall–Kier alpha value is -2.00. The van der Waals surface area contributed by atoms with E-state index in [2.05, 4.69) is 29.6 Å². The second kappa shape index (κ2) is 7.32. The molecular formula is C18H21ClN2O. The van der Waals surface area contributed by atoms with Gasteiger partial charge in [-0.25, -0.2) is 0 Å². The Morgan fingerprint density at radius 1 is 1.00 bits per heavy atom. The number of halogens is 1. The number of hydrogen-bond donors (Lipinski definition) is 2. The van der Waals surface area contributed by atoms with E-state index in [1.165, 1.54) is 5.56 Å². The smallest absolute Gasteiger partial charge is 0.253 e. The molecule has 1 saturated carbocycles. The van der Waals surface area contributed by atoms with Gasteiger partial charge in [0.05, 0.1) is 5.56 Å². The van der Waals surface area contributed by atoms with Crippen LogP contribution < -0.4 is 11.1 Å². The van der Waals surface area contributed by atoms with Crippen molar-refractivity contribution in [2.24, 2.45) is 0 Å². The van der Waals surface area contributed by atoms with Crippen LogP contribution in [-0.2, 0) is 0 Å². The number of hydrogen-bond acceptors (Lipinski definition) is 2. The van der Waals surface area contributed by atoms with Crippen molar-refractivity contribution in [2.45, 2.75) is 31.2 Å². The molecule has 0 aliphatic heterocycles. The monoisotopic (exact) mass is 316 g/mol. The first-order valence-corrected chi connectivity index (χ1v) is 7.46. The Labute approximate surface area is 137 Å². The third kappa shape index (κ3) is 3.42. The lowest BCUT2D eigenvalue weighted by molar-refractivity contribution is 0.0935. The molecule has 1 amide bonds. The molecule has 2 aromatic rings. The Balaban J connectivity index is 0.00000176. The number of para-hydroxylation sites is 1. The SMILES string of the molecule is Cl.Nc1ccccc1C(=O)NC1CCCC1c1ccccc1. The van der Waals surface area contributed by atoms with Crippen LogP contribution in [0.2, 0.25) is 0 Å². The average molecular weight is 317 g/mol. The number of rotatable bonds is 3. The summed E-state index contributed by atoms with van der Waals surface area (Å²) in [7, 11) is 0. The minimum atomic E-state index is -0.0686. The van der Waals surface area contributed by atoms with Gasteiger partial charge in [-0.05, 0) is 30.5 Å². The summed E-state index contributed by atoms with van der Waals surface area (Å²) < 4.78 is 0. The van der Waals surface area contributed by atoms with Crippen LogP contribution in [0.4, 0.5) is 5.69 Å². The Morgan fingerprint density at radius 2 is 1.68 bits per heavy atom. The molecule has 0 spiro atoms. The fraction of sp³-hybridized carbons (Fsp3) is 0.278. The molecule has 1 fully saturated rings. The lowest BCUT2D eigenvalue weighted by Gasteiger charge is -2.21. The summed E-state index contributed by atoms with van der Waals surface area (Å²) >= 11 is 0. The first-order chi connectivity index (χ1) is 10.3. The largest absolute Gasteiger partial charge is 0.398 e. The normalized spacial score (nSPS) is 20.2. The van der Waals surface area contributed by atoms with E-state index in [1.54, 1.807) is 12.1 Å². The van der Waals surface area contributed by atoms with E-state index in [1.807, 2.05) is 18.2 Å². The maximum Gasteiger partial charge on any atom is 0.253 e. The van der Waals surface area contributed by atoms with E-state index in [4.69, 9.17) is 5.73 Å². The zero-order valence-electron chi connectivity index (χ0n) is 12.4. The van der Waals surface area contributed by atoms with Crippen LogP contribution >= 0.6 is 12.4 Å². The molecule has 116 valence electrons. The molecule has 0 heterocycles. The number of anilines is 1. The first-order valence-electron chi connectivity index (χ1n) is 7.46. The van der Waals surface area contributed by atoms with Crippen molar-refractivity contribution in [3.8, 4) is 0 Å². The van der Waals surface area contributed by atoms with Crippen molar-refractivity contribution >= 4 is 24.0 Å². The lowest BCUT2D eigenvalue weighted by atomic mass is 9.94. The van der Waals surface area contributed by atoms with E-state index in [0.717, 1.165) is 19.3 Å². The summed E-state index contributed by atoms with van der Waals surface area (Å²) in [5.74, 6) is 0.334. The highest BCUT2D eigenvalue weighted by Gasteiger charge is 2.30. The van der Waals surface area contributed by atoms with Crippen LogP contribution in [0, 0.1) is 0 Å². The first kappa shape index (κ1) is 16.4. The second-order valence-corrected chi connectivity index (χ2v) is 5.62. The molecule has 3 nitrogen and oxygen atoms in total. The third-order valence-electron chi connectivity index (χ3n) is 4.27. The quantitative estimate of drug-likeness (QED) is 0.847. The van der Waals surface area contributed by atoms with E-state index in [0.29, 0.717) is 17.2 Å². The van der Waals surface area contributed by atoms with Crippen LogP contribution in [-0.4, -0.2) is 11.9 Å². The average Bonchev–Trinajstić information content (AvgIpc) is 2.96. The summed E-state index contributed by atoms with van der Waals surface area (Å²) in [6.45, 7) is 0. The van der Waals surface area contributed by atoms with Gasteiger partial charge in [-0.2, -0.15) is 0 Å². The highest BCUT2D eigenvalue weighted by atomic mass is 35.5. The Kier molecular flexibility index (Phi) is 5.45. The number of nitrogens with two attached hydrogens (primary N) is 1. The minimum Gasteiger partial charge on any atom is -0.398 e. The molecule has 0 saturated heterocycles.